The second-order valence-electron chi connectivity index (χ2n) is 10.3. The maximum atomic E-state index is 10.4. The van der Waals surface area contributed by atoms with Gasteiger partial charge in [0, 0.05) is 87.8 Å². The fourth-order valence-corrected chi connectivity index (χ4v) is 5.36. The van der Waals surface area contributed by atoms with Crippen LogP contribution in [-0.2, 0) is 11.3 Å². The third-order valence-corrected chi connectivity index (χ3v) is 7.34. The van der Waals surface area contributed by atoms with Gasteiger partial charge in [0.15, 0.2) is 6.23 Å². The minimum atomic E-state index is -0.590. The summed E-state index contributed by atoms with van der Waals surface area (Å²) in [5.41, 5.74) is 4.36. The quantitative estimate of drug-likeness (QED) is 0.405. The van der Waals surface area contributed by atoms with E-state index < -0.39 is 6.23 Å². The second-order valence-corrected chi connectivity index (χ2v) is 10.3. The number of morpholine rings is 1. The Hall–Kier alpha value is -2.40. The average Bonchev–Trinajstić information content (AvgIpc) is 2.85. The van der Waals surface area contributed by atoms with Crippen molar-refractivity contribution < 1.29 is 9.84 Å². The molecule has 4 N–H and O–H groups in total. The van der Waals surface area contributed by atoms with Crippen LogP contribution in [0.4, 0.5) is 5.95 Å². The van der Waals surface area contributed by atoms with Gasteiger partial charge in [-0.1, -0.05) is 13.8 Å². The van der Waals surface area contributed by atoms with Gasteiger partial charge in [-0.2, -0.15) is 0 Å². The third-order valence-electron chi connectivity index (χ3n) is 7.34. The zero-order valence-electron chi connectivity index (χ0n) is 21.3. The van der Waals surface area contributed by atoms with Crippen molar-refractivity contribution in [2.75, 3.05) is 70.4 Å². The number of hydrogen-bond acceptors (Lipinski definition) is 10. The number of rotatable bonds is 8. The van der Waals surface area contributed by atoms with Crippen LogP contribution in [0.5, 0.6) is 0 Å². The highest BCUT2D eigenvalue weighted by Crippen LogP contribution is 2.32. The Balaban J connectivity index is 1.14. The monoisotopic (exact) mass is 484 g/mol. The van der Waals surface area contributed by atoms with Gasteiger partial charge in [-0.15, -0.1) is 0 Å². The number of aromatic nitrogens is 2. The zero-order valence-corrected chi connectivity index (χ0v) is 21.3. The highest BCUT2D eigenvalue weighted by Gasteiger charge is 2.46. The van der Waals surface area contributed by atoms with Crippen LogP contribution in [0.25, 0.3) is 0 Å². The highest BCUT2D eigenvalue weighted by atomic mass is 16.5. The van der Waals surface area contributed by atoms with Gasteiger partial charge >= 0.3 is 0 Å². The van der Waals surface area contributed by atoms with Crippen molar-refractivity contribution in [1.82, 2.24) is 35.7 Å². The van der Waals surface area contributed by atoms with Crippen LogP contribution in [0, 0.1) is 5.92 Å². The lowest BCUT2D eigenvalue weighted by atomic mass is 9.93. The first kappa shape index (κ1) is 24.3. The molecule has 0 radical (unpaired) electrons. The first-order valence-electron chi connectivity index (χ1n) is 13.0. The standard InChI is InChI=1S/C25H40N8O2/c1-4-26-13-20(21-22(18(2)3)30-23(21)34)32-8-6-31(7-9-32)14-19-11-28-24(29-12-19)33-16-25(17-33)15-27-5-10-35-25/h11-13,18,23,26-27,30,34H,4-10,14-17H2,1-3H3/b20-13+/t23-/m0/s1. The van der Waals surface area contributed by atoms with E-state index in [2.05, 4.69) is 67.6 Å². The van der Waals surface area contributed by atoms with Crippen molar-refractivity contribution in [3.05, 3.63) is 41.1 Å². The largest absolute Gasteiger partial charge is 0.390 e. The summed E-state index contributed by atoms with van der Waals surface area (Å²) in [6.07, 6.45) is 5.41. The number of nitrogens with one attached hydrogen (secondary N) is 3. The molecule has 4 aliphatic heterocycles. The van der Waals surface area contributed by atoms with Crippen molar-refractivity contribution >= 4 is 5.95 Å². The lowest BCUT2D eigenvalue weighted by Crippen LogP contribution is -2.70. The summed E-state index contributed by atoms with van der Waals surface area (Å²) < 4.78 is 5.97. The van der Waals surface area contributed by atoms with Crippen molar-refractivity contribution in [2.45, 2.75) is 39.1 Å². The fourth-order valence-electron chi connectivity index (χ4n) is 5.36. The molecule has 0 saturated carbocycles. The number of allylic oxidation sites excluding steroid dienone is 1. The van der Waals surface area contributed by atoms with Crippen LogP contribution in [0.15, 0.2) is 35.6 Å². The zero-order chi connectivity index (χ0) is 24.4. The van der Waals surface area contributed by atoms with E-state index >= 15 is 0 Å². The minimum absolute atomic E-state index is 0.0581. The summed E-state index contributed by atoms with van der Waals surface area (Å²) >= 11 is 0. The van der Waals surface area contributed by atoms with E-state index in [9.17, 15) is 5.11 Å². The van der Waals surface area contributed by atoms with Crippen molar-refractivity contribution in [2.24, 2.45) is 5.92 Å². The minimum Gasteiger partial charge on any atom is -0.390 e. The fraction of sp³-hybridized carbons (Fsp3) is 0.680. The Morgan fingerprint density at radius 3 is 2.60 bits per heavy atom. The van der Waals surface area contributed by atoms with E-state index in [4.69, 9.17) is 4.74 Å². The normalized spacial score (nSPS) is 24.9. The summed E-state index contributed by atoms with van der Waals surface area (Å²) in [6.45, 7) is 16.2. The smallest absolute Gasteiger partial charge is 0.225 e. The number of nitrogens with zero attached hydrogens (tertiary/aromatic N) is 5. The molecule has 0 amide bonds. The van der Waals surface area contributed by atoms with Gasteiger partial charge in [-0.25, -0.2) is 9.97 Å². The van der Waals surface area contributed by atoms with E-state index in [0.29, 0.717) is 5.92 Å². The van der Waals surface area contributed by atoms with Crippen LogP contribution >= 0.6 is 0 Å². The van der Waals surface area contributed by atoms with Crippen LogP contribution in [0.1, 0.15) is 26.3 Å². The summed E-state index contributed by atoms with van der Waals surface area (Å²) in [5, 5.41) is 20.4. The number of hydrogen-bond donors (Lipinski definition) is 4. The van der Waals surface area contributed by atoms with Crippen molar-refractivity contribution in [1.29, 1.82) is 0 Å². The van der Waals surface area contributed by atoms with Gasteiger partial charge < -0.3 is 35.6 Å². The average molecular weight is 485 g/mol. The molecule has 1 aromatic rings. The van der Waals surface area contributed by atoms with E-state index in [-0.39, 0.29) is 5.60 Å². The summed E-state index contributed by atoms with van der Waals surface area (Å²) in [4.78, 5) is 16.3. The van der Waals surface area contributed by atoms with Gasteiger partial charge in [0.05, 0.1) is 25.4 Å². The Kier molecular flexibility index (Phi) is 7.15. The number of piperazine rings is 1. The van der Waals surface area contributed by atoms with E-state index in [1.165, 1.54) is 0 Å². The van der Waals surface area contributed by atoms with Crippen molar-refractivity contribution in [3.8, 4) is 0 Å². The summed E-state index contributed by atoms with van der Waals surface area (Å²) in [5.74, 6) is 1.15. The first-order valence-corrected chi connectivity index (χ1v) is 13.0. The predicted octanol–water partition coefficient (Wildman–Crippen LogP) is 0.0554. The molecule has 35 heavy (non-hydrogen) atoms. The number of aliphatic hydroxyl groups excluding tert-OH is 1. The molecule has 5 rings (SSSR count). The van der Waals surface area contributed by atoms with Crippen LogP contribution in [0.2, 0.25) is 0 Å². The molecule has 0 bridgehead atoms. The first-order chi connectivity index (χ1) is 17.0. The molecule has 0 aromatic carbocycles. The number of ether oxygens (including phenoxy) is 1. The Bertz CT molecular complexity index is 925. The molecular weight excluding hydrogens is 444 g/mol. The highest BCUT2D eigenvalue weighted by molar-refractivity contribution is 5.44. The molecule has 1 atom stereocenters. The molecule has 10 nitrogen and oxygen atoms in total. The molecule has 1 spiro atoms. The lowest BCUT2D eigenvalue weighted by molar-refractivity contribution is -0.0834. The molecule has 10 heteroatoms. The van der Waals surface area contributed by atoms with Crippen molar-refractivity contribution in [3.63, 3.8) is 0 Å². The van der Waals surface area contributed by atoms with Gasteiger partial charge in [0.2, 0.25) is 5.95 Å². The lowest BCUT2D eigenvalue weighted by Gasteiger charge is -2.51. The molecule has 0 unspecified atom stereocenters. The predicted molar refractivity (Wildman–Crippen MR) is 135 cm³/mol. The molecule has 4 aliphatic rings. The molecule has 3 saturated heterocycles. The molecule has 0 aliphatic carbocycles. The third kappa shape index (κ3) is 5.11. The molecule has 192 valence electrons. The maximum absolute atomic E-state index is 10.4. The Morgan fingerprint density at radius 1 is 1.26 bits per heavy atom. The SMILES string of the molecule is CCN/C=C(\C1=C(C(C)C)N[C@H]1O)N1CCN(Cc2cnc(N3CC4(CNCCO4)C3)nc2)CC1. The van der Waals surface area contributed by atoms with Crippen LogP contribution < -0.4 is 20.9 Å². The summed E-state index contributed by atoms with van der Waals surface area (Å²) in [7, 11) is 0. The van der Waals surface area contributed by atoms with Gasteiger partial charge in [-0.3, -0.25) is 4.90 Å². The second kappa shape index (κ2) is 10.3. The molecule has 3 fully saturated rings. The molecule has 1 aromatic heterocycles. The number of aliphatic hydroxyl groups is 1. The van der Waals surface area contributed by atoms with Crippen LogP contribution in [0.3, 0.4) is 0 Å². The van der Waals surface area contributed by atoms with Gasteiger partial charge in [0.25, 0.3) is 0 Å². The summed E-state index contributed by atoms with van der Waals surface area (Å²) in [6, 6.07) is 0. The van der Waals surface area contributed by atoms with Crippen LogP contribution in [-0.4, -0.2) is 102 Å². The van der Waals surface area contributed by atoms with E-state index in [0.717, 1.165) is 101 Å². The Morgan fingerprint density at radius 2 is 2.00 bits per heavy atom. The van der Waals surface area contributed by atoms with E-state index in [1.807, 2.05) is 12.4 Å². The maximum Gasteiger partial charge on any atom is 0.225 e. The Labute approximate surface area is 208 Å². The van der Waals surface area contributed by atoms with Gasteiger partial charge in [0.1, 0.15) is 5.60 Å². The molecular formula is C25H40N8O2. The number of anilines is 1. The topological polar surface area (TPSA) is 101 Å². The van der Waals surface area contributed by atoms with E-state index in [1.54, 1.807) is 0 Å². The van der Waals surface area contributed by atoms with Gasteiger partial charge in [-0.05, 0) is 12.8 Å². The molecule has 5 heterocycles.